The molecule has 21 heavy (non-hydrogen) atoms. The Morgan fingerprint density at radius 2 is 1.95 bits per heavy atom. The quantitative estimate of drug-likeness (QED) is 0.509. The van der Waals surface area contributed by atoms with E-state index in [0.717, 1.165) is 43.1 Å². The highest BCUT2D eigenvalue weighted by Crippen LogP contribution is 2.41. The molecule has 2 rings (SSSR count). The zero-order valence-corrected chi connectivity index (χ0v) is 13.0. The Kier molecular flexibility index (Phi) is 5.22. The van der Waals surface area contributed by atoms with Gasteiger partial charge in [0.15, 0.2) is 0 Å². The fourth-order valence-electron chi connectivity index (χ4n) is 2.58. The zero-order chi connectivity index (χ0) is 15.5. The summed E-state index contributed by atoms with van der Waals surface area (Å²) in [5.41, 5.74) is 1.04. The summed E-state index contributed by atoms with van der Waals surface area (Å²) in [6, 6.07) is 3.22. The standard InChI is InChI=1S/C13H20NO6P/c1-10-8-12(11-6-4-3-5-7-11)14(13(15)9-10)19-20-21(16,17)18-2/h8-9,11H,3-7H2,1-2H3,(H,16,17). The van der Waals surface area contributed by atoms with E-state index < -0.39 is 13.4 Å². The van der Waals surface area contributed by atoms with Gasteiger partial charge in [0.25, 0.3) is 5.56 Å². The summed E-state index contributed by atoms with van der Waals surface area (Å²) in [5, 5.41) is 0. The third-order valence-corrected chi connectivity index (χ3v) is 4.33. The lowest BCUT2D eigenvalue weighted by atomic mass is 9.86. The Bertz CT molecular complexity index is 593. The van der Waals surface area contributed by atoms with Crippen molar-refractivity contribution in [2.45, 2.75) is 44.9 Å². The number of hydrogen-bond donors (Lipinski definition) is 1. The average molecular weight is 317 g/mol. The number of aryl methyl sites for hydroxylation is 1. The molecule has 0 bridgehead atoms. The van der Waals surface area contributed by atoms with Crippen LogP contribution in [0.3, 0.4) is 0 Å². The number of aromatic nitrogens is 1. The SMILES string of the molecule is COP(=O)(O)OOn1c(C2CCCCC2)cc(C)cc1=O. The second-order valence-corrected chi connectivity index (χ2v) is 6.68. The first-order valence-electron chi connectivity index (χ1n) is 6.92. The molecule has 1 fully saturated rings. The molecule has 0 saturated heterocycles. The summed E-state index contributed by atoms with van der Waals surface area (Å²) in [6.45, 7) is 1.82. The van der Waals surface area contributed by atoms with Gasteiger partial charge in [-0.05, 0) is 31.4 Å². The summed E-state index contributed by atoms with van der Waals surface area (Å²) in [7, 11) is -3.29. The van der Waals surface area contributed by atoms with Gasteiger partial charge in [-0.2, -0.15) is 0 Å². The highest BCUT2D eigenvalue weighted by atomic mass is 31.2. The van der Waals surface area contributed by atoms with E-state index >= 15 is 0 Å². The summed E-state index contributed by atoms with van der Waals surface area (Å²) in [4.78, 5) is 26.1. The van der Waals surface area contributed by atoms with Crippen LogP contribution in [-0.2, 0) is 13.8 Å². The van der Waals surface area contributed by atoms with Crippen LogP contribution in [0.2, 0.25) is 0 Å². The van der Waals surface area contributed by atoms with Crippen molar-refractivity contribution < 1.29 is 23.6 Å². The lowest BCUT2D eigenvalue weighted by molar-refractivity contribution is -0.229. The Morgan fingerprint density at radius 1 is 1.29 bits per heavy atom. The molecule has 0 amide bonds. The minimum Gasteiger partial charge on any atom is -0.300 e. The fourth-order valence-corrected chi connectivity index (χ4v) is 2.79. The van der Waals surface area contributed by atoms with Crippen molar-refractivity contribution in [3.8, 4) is 0 Å². The van der Waals surface area contributed by atoms with Crippen molar-refractivity contribution in [3.63, 3.8) is 0 Å². The number of phosphoric acid groups is 1. The number of rotatable bonds is 5. The average Bonchev–Trinajstić information content (AvgIpc) is 2.46. The van der Waals surface area contributed by atoms with E-state index in [1.54, 1.807) is 0 Å². The predicted octanol–water partition coefficient (Wildman–Crippen LogP) is 2.31. The molecule has 1 aromatic heterocycles. The summed E-state index contributed by atoms with van der Waals surface area (Å²) >= 11 is 0. The van der Waals surface area contributed by atoms with Crippen LogP contribution in [0.5, 0.6) is 0 Å². The molecular formula is C13H20NO6P. The van der Waals surface area contributed by atoms with Gasteiger partial charge in [0.1, 0.15) is 0 Å². The van der Waals surface area contributed by atoms with Crippen LogP contribution in [0.15, 0.2) is 16.9 Å². The first kappa shape index (κ1) is 16.2. The molecule has 1 atom stereocenters. The van der Waals surface area contributed by atoms with Crippen LogP contribution in [0.1, 0.15) is 49.3 Å². The first-order valence-corrected chi connectivity index (χ1v) is 8.41. The molecule has 0 spiro atoms. The van der Waals surface area contributed by atoms with Gasteiger partial charge >= 0.3 is 7.82 Å². The predicted molar refractivity (Wildman–Crippen MR) is 75.8 cm³/mol. The normalized spacial score (nSPS) is 19.2. The second kappa shape index (κ2) is 6.75. The molecule has 8 heteroatoms. The van der Waals surface area contributed by atoms with E-state index in [4.69, 9.17) is 4.99 Å². The van der Waals surface area contributed by atoms with E-state index in [-0.39, 0.29) is 5.92 Å². The fraction of sp³-hybridized carbons (Fsp3) is 0.615. The van der Waals surface area contributed by atoms with E-state index in [2.05, 4.69) is 9.20 Å². The lowest BCUT2D eigenvalue weighted by Crippen LogP contribution is -2.31. The Hall–Kier alpha value is -1.14. The molecule has 1 heterocycles. The molecule has 1 unspecified atom stereocenters. The summed E-state index contributed by atoms with van der Waals surface area (Å²) in [5.74, 6) is 0.176. The molecule has 0 radical (unpaired) electrons. The molecule has 1 aliphatic rings. The van der Waals surface area contributed by atoms with Crippen LogP contribution < -0.4 is 10.5 Å². The molecule has 118 valence electrons. The first-order chi connectivity index (χ1) is 9.93. The monoisotopic (exact) mass is 317 g/mol. The third-order valence-electron chi connectivity index (χ3n) is 3.62. The molecule has 1 saturated carbocycles. The van der Waals surface area contributed by atoms with Crippen LogP contribution >= 0.6 is 7.82 Å². The van der Waals surface area contributed by atoms with Gasteiger partial charge < -0.3 is 4.89 Å². The molecule has 0 aliphatic heterocycles. The van der Waals surface area contributed by atoms with Crippen molar-refractivity contribution >= 4 is 7.82 Å². The minimum atomic E-state index is -4.31. The van der Waals surface area contributed by atoms with Gasteiger partial charge in [-0.25, -0.2) is 9.55 Å². The smallest absolute Gasteiger partial charge is 0.300 e. The number of pyridine rings is 1. The number of nitrogens with zero attached hydrogens (tertiary/aromatic N) is 1. The minimum absolute atomic E-state index is 0.176. The number of hydrogen-bond acceptors (Lipinski definition) is 5. The molecule has 0 aromatic carbocycles. The zero-order valence-electron chi connectivity index (χ0n) is 12.2. The van der Waals surface area contributed by atoms with Crippen molar-refractivity contribution in [3.05, 3.63) is 33.7 Å². The topological polar surface area (TPSA) is 87.0 Å². The lowest BCUT2D eigenvalue weighted by Gasteiger charge is -2.24. The van der Waals surface area contributed by atoms with Crippen molar-refractivity contribution in [2.75, 3.05) is 7.11 Å². The highest BCUT2D eigenvalue weighted by molar-refractivity contribution is 7.47. The maximum absolute atomic E-state index is 12.1. The van der Waals surface area contributed by atoms with E-state index in [1.807, 2.05) is 13.0 Å². The van der Waals surface area contributed by atoms with Gasteiger partial charge in [0.05, 0.1) is 5.69 Å². The van der Waals surface area contributed by atoms with E-state index in [9.17, 15) is 14.3 Å². The molecule has 1 N–H and O–H groups in total. The van der Waals surface area contributed by atoms with Gasteiger partial charge in [0, 0.05) is 19.1 Å². The second-order valence-electron chi connectivity index (χ2n) is 5.23. The Balaban J connectivity index is 2.30. The van der Waals surface area contributed by atoms with Crippen molar-refractivity contribution in [2.24, 2.45) is 0 Å². The molecule has 1 aliphatic carbocycles. The van der Waals surface area contributed by atoms with Crippen molar-refractivity contribution in [1.82, 2.24) is 4.73 Å². The Morgan fingerprint density at radius 3 is 2.57 bits per heavy atom. The van der Waals surface area contributed by atoms with Gasteiger partial charge in [-0.3, -0.25) is 9.32 Å². The molecule has 7 nitrogen and oxygen atoms in total. The van der Waals surface area contributed by atoms with Crippen molar-refractivity contribution in [1.29, 1.82) is 0 Å². The van der Waals surface area contributed by atoms with E-state index in [1.165, 1.54) is 12.5 Å². The largest absolute Gasteiger partial charge is 0.510 e. The summed E-state index contributed by atoms with van der Waals surface area (Å²) in [6.07, 6.45) is 5.26. The van der Waals surface area contributed by atoms with Crippen LogP contribution in [-0.4, -0.2) is 16.7 Å². The molecular weight excluding hydrogens is 297 g/mol. The van der Waals surface area contributed by atoms with Gasteiger partial charge in [0.2, 0.25) is 0 Å². The summed E-state index contributed by atoms with van der Waals surface area (Å²) < 4.78 is 20.9. The highest BCUT2D eigenvalue weighted by Gasteiger charge is 2.25. The maximum Gasteiger partial charge on any atom is 0.510 e. The maximum atomic E-state index is 12.1. The van der Waals surface area contributed by atoms with Crippen LogP contribution in [0.25, 0.3) is 0 Å². The Labute approximate surface area is 123 Å². The molecule has 1 aromatic rings. The van der Waals surface area contributed by atoms with Crippen LogP contribution in [0, 0.1) is 6.92 Å². The number of phosphoric ester groups is 1. The van der Waals surface area contributed by atoms with Crippen LogP contribution in [0.4, 0.5) is 0 Å². The third kappa shape index (κ3) is 4.17. The van der Waals surface area contributed by atoms with Gasteiger partial charge in [-0.1, -0.05) is 23.9 Å². The van der Waals surface area contributed by atoms with E-state index in [0.29, 0.717) is 5.69 Å². The van der Waals surface area contributed by atoms with Gasteiger partial charge in [-0.15, -0.1) is 4.73 Å².